The van der Waals surface area contributed by atoms with Crippen molar-refractivity contribution in [3.05, 3.63) is 62.5 Å². The molecule has 0 bridgehead atoms. The molecule has 0 amide bonds. The monoisotopic (exact) mass is 360 g/mol. The van der Waals surface area contributed by atoms with E-state index in [1.165, 1.54) is 18.2 Å². The highest BCUT2D eigenvalue weighted by atomic mass is 16.6. The van der Waals surface area contributed by atoms with Gasteiger partial charge in [0.15, 0.2) is 0 Å². The van der Waals surface area contributed by atoms with Gasteiger partial charge in [0, 0.05) is 23.5 Å². The van der Waals surface area contributed by atoms with E-state index in [1.807, 2.05) is 0 Å². The average Bonchev–Trinajstić information content (AvgIpc) is 2.52. The summed E-state index contributed by atoms with van der Waals surface area (Å²) in [6, 6.07) is 5.62. The third-order valence-corrected chi connectivity index (χ3v) is 3.97. The number of carbonyl (C=O) groups excluding carboxylic acids is 1. The summed E-state index contributed by atoms with van der Waals surface area (Å²) < 4.78 is 5.27. The molecule has 26 heavy (non-hydrogen) atoms. The van der Waals surface area contributed by atoms with Crippen LogP contribution < -0.4 is 5.32 Å². The molecule has 0 aliphatic carbocycles. The highest BCUT2D eigenvalue weighted by Gasteiger charge is 2.38. The Bertz CT molecular complexity index is 838. The number of hydrogen-bond acceptors (Lipinski definition) is 6. The zero-order valence-corrected chi connectivity index (χ0v) is 14.9. The molecule has 8 nitrogen and oxygen atoms in total. The van der Waals surface area contributed by atoms with Crippen LogP contribution in [0.1, 0.15) is 39.2 Å². The van der Waals surface area contributed by atoms with Crippen LogP contribution in [0, 0.1) is 10.1 Å². The van der Waals surface area contributed by atoms with Crippen molar-refractivity contribution < 1.29 is 24.4 Å². The summed E-state index contributed by atoms with van der Waals surface area (Å²) in [6.45, 7) is 6.60. The molecule has 0 fully saturated rings. The smallest absolute Gasteiger partial charge is 0.337 e. The minimum Gasteiger partial charge on any atom is -0.478 e. The summed E-state index contributed by atoms with van der Waals surface area (Å²) in [5, 5.41) is 23.7. The number of benzene rings is 1. The van der Waals surface area contributed by atoms with Crippen molar-refractivity contribution in [3.63, 3.8) is 0 Å². The first kappa shape index (κ1) is 19.2. The molecule has 2 rings (SSSR count). The van der Waals surface area contributed by atoms with Crippen molar-refractivity contribution in [2.45, 2.75) is 39.7 Å². The molecule has 1 aromatic rings. The Balaban J connectivity index is 2.68. The number of esters is 1. The molecule has 1 atom stereocenters. The van der Waals surface area contributed by atoms with Gasteiger partial charge >= 0.3 is 11.9 Å². The van der Waals surface area contributed by atoms with Gasteiger partial charge < -0.3 is 15.2 Å². The highest BCUT2D eigenvalue weighted by molar-refractivity contribution is 5.99. The number of dihydropyridines is 1. The Morgan fingerprint density at radius 3 is 2.38 bits per heavy atom. The van der Waals surface area contributed by atoms with Gasteiger partial charge in [0.2, 0.25) is 0 Å². The van der Waals surface area contributed by atoms with E-state index < -0.39 is 28.9 Å². The number of carboxylic acids is 1. The van der Waals surface area contributed by atoms with E-state index in [1.54, 1.807) is 33.8 Å². The quantitative estimate of drug-likeness (QED) is 0.471. The number of aliphatic carboxylic acids is 1. The second kappa shape index (κ2) is 7.38. The average molecular weight is 360 g/mol. The lowest BCUT2D eigenvalue weighted by Crippen LogP contribution is -2.32. The summed E-state index contributed by atoms with van der Waals surface area (Å²) >= 11 is 0. The topological polar surface area (TPSA) is 119 Å². The summed E-state index contributed by atoms with van der Waals surface area (Å²) in [7, 11) is 0. The molecule has 0 spiro atoms. The van der Waals surface area contributed by atoms with Crippen LogP contribution >= 0.6 is 0 Å². The van der Waals surface area contributed by atoms with E-state index in [2.05, 4.69) is 5.32 Å². The molecule has 1 heterocycles. The fourth-order valence-electron chi connectivity index (χ4n) is 2.98. The first-order valence-electron chi connectivity index (χ1n) is 8.00. The van der Waals surface area contributed by atoms with E-state index in [9.17, 15) is 24.8 Å². The molecule has 8 heteroatoms. The van der Waals surface area contributed by atoms with E-state index in [-0.39, 0.29) is 16.8 Å². The Morgan fingerprint density at radius 1 is 1.23 bits per heavy atom. The summed E-state index contributed by atoms with van der Waals surface area (Å²) in [4.78, 5) is 35.0. The second-order valence-electron chi connectivity index (χ2n) is 6.25. The fourth-order valence-corrected chi connectivity index (χ4v) is 2.98. The van der Waals surface area contributed by atoms with Crippen molar-refractivity contribution in [1.82, 2.24) is 5.32 Å². The fraction of sp³-hybridized carbons (Fsp3) is 0.333. The van der Waals surface area contributed by atoms with Crippen molar-refractivity contribution in [3.8, 4) is 0 Å². The van der Waals surface area contributed by atoms with Gasteiger partial charge in [-0.15, -0.1) is 0 Å². The van der Waals surface area contributed by atoms with Crippen molar-refractivity contribution in [2.75, 3.05) is 0 Å². The van der Waals surface area contributed by atoms with Gasteiger partial charge in [-0.3, -0.25) is 10.1 Å². The van der Waals surface area contributed by atoms with Crippen molar-refractivity contribution >= 4 is 17.6 Å². The van der Waals surface area contributed by atoms with Gasteiger partial charge in [-0.1, -0.05) is 12.1 Å². The Kier molecular flexibility index (Phi) is 5.44. The van der Waals surface area contributed by atoms with E-state index >= 15 is 0 Å². The minimum absolute atomic E-state index is 0.0493. The van der Waals surface area contributed by atoms with Gasteiger partial charge in [0.25, 0.3) is 5.69 Å². The molecule has 1 aliphatic rings. The maximum absolute atomic E-state index is 12.6. The molecule has 0 aromatic heterocycles. The van der Waals surface area contributed by atoms with E-state index in [0.29, 0.717) is 17.0 Å². The molecule has 0 saturated heterocycles. The first-order chi connectivity index (χ1) is 12.1. The van der Waals surface area contributed by atoms with E-state index in [0.717, 1.165) is 0 Å². The summed E-state index contributed by atoms with van der Waals surface area (Å²) in [6.07, 6.45) is -0.395. The molecule has 138 valence electrons. The van der Waals surface area contributed by atoms with Crippen LogP contribution in [0.4, 0.5) is 5.69 Å². The third-order valence-electron chi connectivity index (χ3n) is 3.97. The molecule has 0 saturated carbocycles. The van der Waals surface area contributed by atoms with Gasteiger partial charge in [-0.25, -0.2) is 9.59 Å². The van der Waals surface area contributed by atoms with Crippen LogP contribution in [0.5, 0.6) is 0 Å². The molecular formula is C18H20N2O6. The predicted octanol–water partition coefficient (Wildman–Crippen LogP) is 2.87. The number of nitrogens with one attached hydrogen (secondary N) is 1. The predicted molar refractivity (Wildman–Crippen MR) is 93.2 cm³/mol. The number of nitro benzene ring substituents is 1. The molecule has 1 aliphatic heterocycles. The van der Waals surface area contributed by atoms with Gasteiger partial charge in [0.1, 0.15) is 0 Å². The third kappa shape index (κ3) is 3.74. The van der Waals surface area contributed by atoms with Gasteiger partial charge in [0.05, 0.1) is 28.1 Å². The standard InChI is InChI=1S/C18H20N2O6/c1-9(2)26-18(23)15-11(4)19-10(3)14(17(21)22)16(15)12-6-5-7-13(8-12)20(24)25/h5-9,16,19H,1-4H3,(H,21,22). The zero-order chi connectivity index (χ0) is 19.6. The number of carbonyl (C=O) groups is 2. The largest absolute Gasteiger partial charge is 0.478 e. The van der Waals surface area contributed by atoms with Crippen molar-refractivity contribution in [2.24, 2.45) is 0 Å². The first-order valence-corrected chi connectivity index (χ1v) is 8.00. The maximum atomic E-state index is 12.6. The number of allylic oxidation sites excluding steroid dienone is 2. The lowest BCUT2D eigenvalue weighted by atomic mass is 9.80. The molecule has 2 N–H and O–H groups in total. The minimum atomic E-state index is -1.21. The number of rotatable bonds is 5. The number of ether oxygens (including phenoxy) is 1. The van der Waals surface area contributed by atoms with Crippen LogP contribution in [0.3, 0.4) is 0 Å². The normalized spacial score (nSPS) is 17.2. The van der Waals surface area contributed by atoms with Crippen LogP contribution in [0.15, 0.2) is 46.8 Å². The maximum Gasteiger partial charge on any atom is 0.337 e. The Labute approximate surface area is 150 Å². The van der Waals surface area contributed by atoms with Crippen LogP contribution in [-0.4, -0.2) is 28.1 Å². The lowest BCUT2D eigenvalue weighted by Gasteiger charge is -2.30. The number of hydrogen-bond donors (Lipinski definition) is 2. The zero-order valence-electron chi connectivity index (χ0n) is 14.9. The Morgan fingerprint density at radius 2 is 1.85 bits per heavy atom. The van der Waals surface area contributed by atoms with Crippen molar-refractivity contribution in [1.29, 1.82) is 0 Å². The molecule has 0 radical (unpaired) electrons. The summed E-state index contributed by atoms with van der Waals surface area (Å²) in [5.74, 6) is -2.85. The number of nitro groups is 1. The SMILES string of the molecule is CC1=C(C(=O)O)C(c2cccc([N+](=O)[O-])c2)C(C(=O)OC(C)C)=C(C)N1. The Hall–Kier alpha value is -3.16. The number of carboxylic acid groups (broad SMARTS) is 1. The molecule has 1 unspecified atom stereocenters. The van der Waals surface area contributed by atoms with Crippen LogP contribution in [0.2, 0.25) is 0 Å². The molecule has 1 aromatic carbocycles. The second-order valence-corrected chi connectivity index (χ2v) is 6.25. The van der Waals surface area contributed by atoms with Crippen LogP contribution in [-0.2, 0) is 14.3 Å². The highest BCUT2D eigenvalue weighted by Crippen LogP contribution is 2.39. The number of nitrogens with zero attached hydrogens (tertiary/aromatic N) is 1. The number of non-ortho nitro benzene ring substituents is 1. The van der Waals surface area contributed by atoms with Gasteiger partial charge in [-0.05, 0) is 33.3 Å². The van der Waals surface area contributed by atoms with Gasteiger partial charge in [-0.2, -0.15) is 0 Å². The summed E-state index contributed by atoms with van der Waals surface area (Å²) in [5.41, 5.74) is 1.06. The van der Waals surface area contributed by atoms with E-state index in [4.69, 9.17) is 4.74 Å². The molecular weight excluding hydrogens is 340 g/mol. The van der Waals surface area contributed by atoms with Crippen LogP contribution in [0.25, 0.3) is 0 Å². The lowest BCUT2D eigenvalue weighted by molar-refractivity contribution is -0.384.